The minimum absolute atomic E-state index is 0.0153. The molecule has 0 unspecified atom stereocenters. The average molecular weight is 284 g/mol. The second-order valence-corrected chi connectivity index (χ2v) is 5.34. The lowest BCUT2D eigenvalue weighted by molar-refractivity contribution is -0.116. The molecule has 0 atom stereocenters. The van der Waals surface area contributed by atoms with Gasteiger partial charge >= 0.3 is 0 Å². The van der Waals surface area contributed by atoms with E-state index in [-0.39, 0.29) is 5.91 Å². The Morgan fingerprint density at radius 3 is 2.63 bits per heavy atom. The van der Waals surface area contributed by atoms with E-state index in [0.29, 0.717) is 24.0 Å². The Hall–Kier alpha value is -1.26. The summed E-state index contributed by atoms with van der Waals surface area (Å²) in [6.45, 7) is 4.78. The molecular weight excluding hydrogens is 262 g/mol. The van der Waals surface area contributed by atoms with Crippen molar-refractivity contribution in [2.24, 2.45) is 0 Å². The zero-order valence-electron chi connectivity index (χ0n) is 12.0. The van der Waals surface area contributed by atoms with E-state index in [9.17, 15) is 4.79 Å². The molecule has 0 saturated heterocycles. The van der Waals surface area contributed by atoms with Crippen molar-refractivity contribution in [3.63, 3.8) is 0 Å². The first-order valence-electron chi connectivity index (χ1n) is 6.41. The summed E-state index contributed by atoms with van der Waals surface area (Å²) in [4.78, 5) is 13.8. The third-order valence-corrected chi connectivity index (χ3v) is 2.92. The van der Waals surface area contributed by atoms with Gasteiger partial charge in [-0.3, -0.25) is 4.79 Å². The van der Waals surface area contributed by atoms with Crippen molar-refractivity contribution in [2.45, 2.75) is 26.3 Å². The van der Waals surface area contributed by atoms with Gasteiger partial charge in [0.2, 0.25) is 5.91 Å². The average Bonchev–Trinajstić information content (AvgIpc) is 2.27. The van der Waals surface area contributed by atoms with Crippen molar-refractivity contribution in [3.8, 4) is 0 Å². The summed E-state index contributed by atoms with van der Waals surface area (Å²) in [6.07, 6.45) is 0.442. The topological polar surface area (TPSA) is 44.4 Å². The van der Waals surface area contributed by atoms with Crippen LogP contribution in [-0.4, -0.2) is 32.6 Å². The van der Waals surface area contributed by atoms with Gasteiger partial charge in [0.15, 0.2) is 0 Å². The van der Waals surface area contributed by atoms with E-state index in [1.807, 2.05) is 37.2 Å². The number of carbonyl (C=O) groups is 1. The number of anilines is 2. The van der Waals surface area contributed by atoms with Crippen LogP contribution in [-0.2, 0) is 4.79 Å². The van der Waals surface area contributed by atoms with Crippen LogP contribution < -0.4 is 15.5 Å². The Labute approximate surface area is 120 Å². The Kier molecular flexibility index (Phi) is 6.12. The van der Waals surface area contributed by atoms with E-state index in [2.05, 4.69) is 24.5 Å². The van der Waals surface area contributed by atoms with Gasteiger partial charge < -0.3 is 15.5 Å². The molecule has 1 aromatic carbocycles. The summed E-state index contributed by atoms with van der Waals surface area (Å²) < 4.78 is 0. The maximum Gasteiger partial charge on any atom is 0.225 e. The number of carbonyl (C=O) groups excluding carboxylic acids is 1. The van der Waals surface area contributed by atoms with Gasteiger partial charge in [-0.1, -0.05) is 31.5 Å². The maximum absolute atomic E-state index is 11.9. The van der Waals surface area contributed by atoms with E-state index in [1.54, 1.807) is 0 Å². The van der Waals surface area contributed by atoms with Gasteiger partial charge in [0, 0.05) is 33.1 Å². The van der Waals surface area contributed by atoms with Crippen LogP contribution in [0.1, 0.15) is 20.3 Å². The second-order valence-electron chi connectivity index (χ2n) is 4.94. The largest absolute Gasteiger partial charge is 0.375 e. The van der Waals surface area contributed by atoms with E-state index in [4.69, 9.17) is 11.6 Å². The number of nitrogens with zero attached hydrogens (tertiary/aromatic N) is 1. The Balaban J connectivity index is 2.66. The highest BCUT2D eigenvalue weighted by Crippen LogP contribution is 2.32. The number of para-hydroxylation sites is 1. The van der Waals surface area contributed by atoms with Gasteiger partial charge in [-0.25, -0.2) is 0 Å². The van der Waals surface area contributed by atoms with Crippen LogP contribution in [0.5, 0.6) is 0 Å². The summed E-state index contributed by atoms with van der Waals surface area (Å²) in [5.41, 5.74) is 1.57. The van der Waals surface area contributed by atoms with E-state index in [0.717, 1.165) is 11.4 Å². The molecule has 0 radical (unpaired) electrons. The maximum atomic E-state index is 11.9. The zero-order valence-corrected chi connectivity index (χ0v) is 12.7. The van der Waals surface area contributed by atoms with Crippen LogP contribution in [0, 0.1) is 0 Å². The zero-order chi connectivity index (χ0) is 14.4. The van der Waals surface area contributed by atoms with Crippen LogP contribution >= 0.6 is 11.6 Å². The fourth-order valence-electron chi connectivity index (χ4n) is 1.76. The molecule has 0 heterocycles. The highest BCUT2D eigenvalue weighted by Gasteiger charge is 2.11. The molecule has 106 valence electrons. The Morgan fingerprint density at radius 1 is 1.37 bits per heavy atom. The highest BCUT2D eigenvalue weighted by molar-refractivity contribution is 6.34. The van der Waals surface area contributed by atoms with Gasteiger partial charge in [0.1, 0.15) is 0 Å². The molecule has 0 aliphatic carbocycles. The molecule has 0 spiro atoms. The molecule has 1 amide bonds. The molecule has 0 aliphatic heterocycles. The first kappa shape index (κ1) is 15.8. The van der Waals surface area contributed by atoms with Gasteiger partial charge in [-0.05, 0) is 12.1 Å². The van der Waals surface area contributed by atoms with Crippen LogP contribution in [0.15, 0.2) is 18.2 Å². The predicted molar refractivity (Wildman–Crippen MR) is 82.2 cm³/mol. The van der Waals surface area contributed by atoms with Gasteiger partial charge in [-0.2, -0.15) is 0 Å². The number of nitrogens with one attached hydrogen (secondary N) is 2. The highest BCUT2D eigenvalue weighted by atomic mass is 35.5. The summed E-state index contributed by atoms with van der Waals surface area (Å²) >= 11 is 6.15. The smallest absolute Gasteiger partial charge is 0.225 e. The van der Waals surface area contributed by atoms with E-state index < -0.39 is 0 Å². The lowest BCUT2D eigenvalue weighted by atomic mass is 10.2. The molecule has 4 nitrogen and oxygen atoms in total. The minimum Gasteiger partial charge on any atom is -0.375 e. The molecule has 1 aromatic rings. The van der Waals surface area contributed by atoms with Crippen molar-refractivity contribution in [3.05, 3.63) is 23.2 Å². The van der Waals surface area contributed by atoms with Crippen LogP contribution in [0.4, 0.5) is 11.4 Å². The molecule has 5 heteroatoms. The standard InChI is InChI=1S/C14H22ClN3O/c1-10(2)16-9-8-13(19)17-12-7-5-6-11(15)14(12)18(3)4/h5-7,10,16H,8-9H2,1-4H3,(H,17,19). The van der Waals surface area contributed by atoms with Crippen LogP contribution in [0.3, 0.4) is 0 Å². The molecule has 0 bridgehead atoms. The monoisotopic (exact) mass is 283 g/mol. The molecule has 1 rings (SSSR count). The van der Waals surface area contributed by atoms with Gasteiger partial charge in [-0.15, -0.1) is 0 Å². The Morgan fingerprint density at radius 2 is 2.05 bits per heavy atom. The van der Waals surface area contributed by atoms with Crippen molar-refractivity contribution in [1.82, 2.24) is 5.32 Å². The van der Waals surface area contributed by atoms with Crippen LogP contribution in [0.2, 0.25) is 5.02 Å². The Bertz CT molecular complexity index is 433. The summed E-state index contributed by atoms with van der Waals surface area (Å²) in [5, 5.41) is 6.74. The molecule has 0 fully saturated rings. The molecule has 0 aliphatic rings. The number of hydrogen-bond donors (Lipinski definition) is 2. The van der Waals surface area contributed by atoms with Crippen molar-refractivity contribution in [1.29, 1.82) is 0 Å². The first-order valence-corrected chi connectivity index (χ1v) is 6.78. The van der Waals surface area contributed by atoms with Gasteiger partial charge in [0.25, 0.3) is 0 Å². The number of halogens is 1. The lowest BCUT2D eigenvalue weighted by Gasteiger charge is -2.19. The number of hydrogen-bond acceptors (Lipinski definition) is 3. The lowest BCUT2D eigenvalue weighted by Crippen LogP contribution is -2.27. The van der Waals surface area contributed by atoms with Gasteiger partial charge in [0.05, 0.1) is 16.4 Å². The SMILES string of the molecule is CC(C)NCCC(=O)Nc1cccc(Cl)c1N(C)C. The van der Waals surface area contributed by atoms with Crippen LogP contribution in [0.25, 0.3) is 0 Å². The van der Waals surface area contributed by atoms with E-state index in [1.165, 1.54) is 0 Å². The van der Waals surface area contributed by atoms with Crippen molar-refractivity contribution < 1.29 is 4.79 Å². The molecule has 2 N–H and O–H groups in total. The fourth-order valence-corrected chi connectivity index (χ4v) is 2.10. The fraction of sp³-hybridized carbons (Fsp3) is 0.500. The third kappa shape index (κ3) is 5.09. The number of amides is 1. The first-order chi connectivity index (χ1) is 8.91. The van der Waals surface area contributed by atoms with Crippen molar-refractivity contribution in [2.75, 3.05) is 30.9 Å². The summed E-state index contributed by atoms with van der Waals surface area (Å²) in [6, 6.07) is 5.88. The molecule has 19 heavy (non-hydrogen) atoms. The number of rotatable bonds is 6. The second kappa shape index (κ2) is 7.36. The summed E-state index contributed by atoms with van der Waals surface area (Å²) in [7, 11) is 3.80. The van der Waals surface area contributed by atoms with E-state index >= 15 is 0 Å². The van der Waals surface area contributed by atoms with Crippen molar-refractivity contribution >= 4 is 28.9 Å². The molecule has 0 aromatic heterocycles. The third-order valence-electron chi connectivity index (χ3n) is 2.61. The number of benzene rings is 1. The summed E-state index contributed by atoms with van der Waals surface area (Å²) in [5.74, 6) is -0.0153. The minimum atomic E-state index is -0.0153. The normalized spacial score (nSPS) is 10.6. The molecular formula is C14H22ClN3O. The molecule has 0 saturated carbocycles. The predicted octanol–water partition coefficient (Wildman–Crippen LogP) is 2.73. The quantitative estimate of drug-likeness (QED) is 0.844.